The quantitative estimate of drug-likeness (QED) is 0.722. The van der Waals surface area contributed by atoms with E-state index >= 15 is 0 Å². The number of hydrogen-bond acceptors (Lipinski definition) is 3. The van der Waals surface area contributed by atoms with Crippen LogP contribution in [0.4, 0.5) is 0 Å². The summed E-state index contributed by atoms with van der Waals surface area (Å²) >= 11 is 4.87. The lowest BCUT2D eigenvalue weighted by Gasteiger charge is -2.30. The molecule has 116 valence electrons. The first-order valence-corrected chi connectivity index (χ1v) is 7.78. The van der Waals surface area contributed by atoms with E-state index in [4.69, 9.17) is 18.0 Å². The van der Waals surface area contributed by atoms with E-state index in [2.05, 4.69) is 36.2 Å². The maximum atomic E-state index is 12.0. The van der Waals surface area contributed by atoms with Crippen molar-refractivity contribution in [1.29, 1.82) is 0 Å². The van der Waals surface area contributed by atoms with E-state index in [1.54, 1.807) is 6.92 Å². The van der Waals surface area contributed by atoms with Crippen molar-refractivity contribution in [3.8, 4) is 0 Å². The molecule has 0 spiro atoms. The van der Waals surface area contributed by atoms with Gasteiger partial charge in [-0.25, -0.2) is 0 Å². The Bertz CT molecular complexity index is 460. The van der Waals surface area contributed by atoms with E-state index in [1.807, 2.05) is 18.2 Å². The highest BCUT2D eigenvalue weighted by Gasteiger charge is 2.21. The first kappa shape index (κ1) is 17.6. The maximum absolute atomic E-state index is 12.0. The molecule has 0 fully saturated rings. The van der Waals surface area contributed by atoms with E-state index in [0.717, 1.165) is 13.1 Å². The summed E-state index contributed by atoms with van der Waals surface area (Å²) in [6, 6.07) is 10.4. The second-order valence-corrected chi connectivity index (χ2v) is 5.49. The molecule has 3 N–H and O–H groups in total. The molecule has 0 aliphatic carbocycles. The van der Waals surface area contributed by atoms with Crippen LogP contribution in [0.25, 0.3) is 0 Å². The zero-order valence-corrected chi connectivity index (χ0v) is 13.8. The number of nitrogens with zero attached hydrogens (tertiary/aromatic N) is 1. The molecule has 0 heterocycles. The van der Waals surface area contributed by atoms with Gasteiger partial charge >= 0.3 is 0 Å². The van der Waals surface area contributed by atoms with Crippen LogP contribution in [-0.2, 0) is 4.79 Å². The Labute approximate surface area is 132 Å². The number of benzene rings is 1. The van der Waals surface area contributed by atoms with Crippen LogP contribution in [-0.4, -0.2) is 35.4 Å². The summed E-state index contributed by atoms with van der Waals surface area (Å²) in [6.45, 7) is 8.38. The molecule has 0 aliphatic rings. The SMILES string of the molecule is CCN(CC)C(CNC(=O)C(C)C(N)=S)c1ccccc1. The second kappa shape index (κ2) is 8.74. The number of carbonyl (C=O) groups excluding carboxylic acids is 1. The van der Waals surface area contributed by atoms with Crippen LogP contribution in [0.3, 0.4) is 0 Å². The first-order chi connectivity index (χ1) is 10.0. The van der Waals surface area contributed by atoms with Crippen LogP contribution in [0.2, 0.25) is 0 Å². The predicted octanol–water partition coefficient (Wildman–Crippen LogP) is 2.11. The number of nitrogens with one attached hydrogen (secondary N) is 1. The highest BCUT2D eigenvalue weighted by atomic mass is 32.1. The standard InChI is InChI=1S/C16H25N3OS/c1-4-19(5-2)14(13-9-7-6-8-10-13)11-18-16(20)12(3)15(17)21/h6-10,12,14H,4-5,11H2,1-3H3,(H2,17,21)(H,18,20). The van der Waals surface area contributed by atoms with Gasteiger partial charge in [0, 0.05) is 6.54 Å². The van der Waals surface area contributed by atoms with Gasteiger partial charge in [-0.3, -0.25) is 9.69 Å². The van der Waals surface area contributed by atoms with Crippen molar-refractivity contribution in [1.82, 2.24) is 10.2 Å². The van der Waals surface area contributed by atoms with Crippen molar-refractivity contribution in [2.45, 2.75) is 26.8 Å². The van der Waals surface area contributed by atoms with Gasteiger partial charge in [0.15, 0.2) is 0 Å². The van der Waals surface area contributed by atoms with Crippen LogP contribution in [0.5, 0.6) is 0 Å². The molecule has 1 amide bonds. The summed E-state index contributed by atoms with van der Waals surface area (Å²) in [7, 11) is 0. The van der Waals surface area contributed by atoms with Gasteiger partial charge in [-0.15, -0.1) is 0 Å². The van der Waals surface area contributed by atoms with Crippen LogP contribution in [0.15, 0.2) is 30.3 Å². The van der Waals surface area contributed by atoms with E-state index < -0.39 is 5.92 Å². The van der Waals surface area contributed by atoms with E-state index in [-0.39, 0.29) is 16.9 Å². The Morgan fingerprint density at radius 3 is 2.33 bits per heavy atom. The number of likely N-dealkylation sites (N-methyl/N-ethyl adjacent to an activating group) is 1. The molecule has 0 saturated heterocycles. The Hall–Kier alpha value is -1.46. The largest absolute Gasteiger partial charge is 0.393 e. The molecule has 2 unspecified atom stereocenters. The topological polar surface area (TPSA) is 58.4 Å². The summed E-state index contributed by atoms with van der Waals surface area (Å²) in [5.41, 5.74) is 6.73. The van der Waals surface area contributed by atoms with Crippen molar-refractivity contribution >= 4 is 23.1 Å². The summed E-state index contributed by atoms with van der Waals surface area (Å²) in [4.78, 5) is 14.6. The third kappa shape index (κ3) is 5.10. The molecule has 1 aromatic rings. The van der Waals surface area contributed by atoms with E-state index in [1.165, 1.54) is 5.56 Å². The van der Waals surface area contributed by atoms with Crippen molar-refractivity contribution in [3.05, 3.63) is 35.9 Å². The lowest BCUT2D eigenvalue weighted by molar-refractivity contribution is -0.122. The summed E-state index contributed by atoms with van der Waals surface area (Å²) in [6.07, 6.45) is 0. The molecule has 0 aliphatic heterocycles. The van der Waals surface area contributed by atoms with Crippen molar-refractivity contribution in [2.24, 2.45) is 11.7 Å². The number of hydrogen-bond donors (Lipinski definition) is 2. The van der Waals surface area contributed by atoms with E-state index in [9.17, 15) is 4.79 Å². The molecule has 5 heteroatoms. The number of nitrogens with two attached hydrogens (primary N) is 1. The molecule has 4 nitrogen and oxygen atoms in total. The Balaban J connectivity index is 2.79. The minimum Gasteiger partial charge on any atom is -0.393 e. The Morgan fingerprint density at radius 1 is 1.29 bits per heavy atom. The highest BCUT2D eigenvalue weighted by molar-refractivity contribution is 7.80. The number of rotatable bonds is 8. The monoisotopic (exact) mass is 307 g/mol. The van der Waals surface area contributed by atoms with Gasteiger partial charge in [-0.2, -0.15) is 0 Å². The van der Waals surface area contributed by atoms with Gasteiger partial charge in [0.2, 0.25) is 5.91 Å². The van der Waals surface area contributed by atoms with Gasteiger partial charge in [0.05, 0.1) is 16.9 Å². The predicted molar refractivity (Wildman–Crippen MR) is 91.1 cm³/mol. The van der Waals surface area contributed by atoms with Crippen molar-refractivity contribution in [2.75, 3.05) is 19.6 Å². The minimum atomic E-state index is -0.437. The molecule has 0 bridgehead atoms. The molecular weight excluding hydrogens is 282 g/mol. The minimum absolute atomic E-state index is 0.115. The fraction of sp³-hybridized carbons (Fsp3) is 0.500. The van der Waals surface area contributed by atoms with Crippen LogP contribution < -0.4 is 11.1 Å². The van der Waals surface area contributed by atoms with Crippen molar-refractivity contribution in [3.63, 3.8) is 0 Å². The molecule has 0 aromatic heterocycles. The summed E-state index contributed by atoms with van der Waals surface area (Å²) in [5, 5.41) is 2.96. The third-order valence-corrected chi connectivity index (χ3v) is 4.08. The molecule has 21 heavy (non-hydrogen) atoms. The molecule has 2 atom stereocenters. The van der Waals surface area contributed by atoms with Crippen LogP contribution in [0, 0.1) is 5.92 Å². The summed E-state index contributed by atoms with van der Waals surface area (Å²) in [5.74, 6) is -0.552. The Kier molecular flexibility index (Phi) is 7.32. The van der Waals surface area contributed by atoms with E-state index in [0.29, 0.717) is 6.54 Å². The number of thiocarbonyl (C=S) groups is 1. The fourth-order valence-corrected chi connectivity index (χ4v) is 2.38. The van der Waals surface area contributed by atoms with Crippen LogP contribution in [0.1, 0.15) is 32.4 Å². The Morgan fingerprint density at radius 2 is 1.86 bits per heavy atom. The highest BCUT2D eigenvalue weighted by Crippen LogP contribution is 2.19. The van der Waals surface area contributed by atoms with Gasteiger partial charge in [0.1, 0.15) is 0 Å². The molecule has 0 radical (unpaired) electrons. The average Bonchev–Trinajstić information content (AvgIpc) is 2.51. The molecule has 0 saturated carbocycles. The third-order valence-electron chi connectivity index (χ3n) is 3.73. The number of amides is 1. The second-order valence-electron chi connectivity index (χ2n) is 5.02. The molecule has 1 rings (SSSR count). The summed E-state index contributed by atoms with van der Waals surface area (Å²) < 4.78 is 0. The molecule has 1 aromatic carbocycles. The fourth-order valence-electron chi connectivity index (χ4n) is 2.28. The number of carbonyl (C=O) groups is 1. The maximum Gasteiger partial charge on any atom is 0.229 e. The van der Waals surface area contributed by atoms with Gasteiger partial charge in [-0.05, 0) is 25.6 Å². The lowest BCUT2D eigenvalue weighted by atomic mass is 10.0. The van der Waals surface area contributed by atoms with Gasteiger partial charge < -0.3 is 11.1 Å². The average molecular weight is 307 g/mol. The van der Waals surface area contributed by atoms with Crippen molar-refractivity contribution < 1.29 is 4.79 Å². The zero-order valence-electron chi connectivity index (χ0n) is 13.0. The van der Waals surface area contributed by atoms with Gasteiger partial charge in [0.25, 0.3) is 0 Å². The molecular formula is C16H25N3OS. The first-order valence-electron chi connectivity index (χ1n) is 7.37. The van der Waals surface area contributed by atoms with Crippen LogP contribution >= 0.6 is 12.2 Å². The van der Waals surface area contributed by atoms with Gasteiger partial charge in [-0.1, -0.05) is 56.4 Å². The smallest absolute Gasteiger partial charge is 0.229 e. The zero-order chi connectivity index (χ0) is 15.8. The normalized spacial score (nSPS) is 13.7. The lowest BCUT2D eigenvalue weighted by Crippen LogP contribution is -2.42.